The molecule has 0 saturated heterocycles. The number of carbonyl (C=O) groups excluding carboxylic acids is 1. The Morgan fingerprint density at radius 1 is 1.20 bits per heavy atom. The number of amides is 1. The van der Waals surface area contributed by atoms with Gasteiger partial charge in [-0.25, -0.2) is 0 Å². The van der Waals surface area contributed by atoms with E-state index in [1.54, 1.807) is 14.2 Å². The maximum atomic E-state index is 12.8. The summed E-state index contributed by atoms with van der Waals surface area (Å²) in [5.41, 5.74) is 2.71. The standard InChI is InChI=1S/C23H27ClN2O4/c1-15(2)23(27)26(13-16-6-5-7-18(24)10-16)14-19-12-20(25-30-19)17-8-9-21(28-3)22(11-17)29-4/h5-11,15,19H,12-14H2,1-4H3/t19-/m0/s1. The second-order valence-corrected chi connectivity index (χ2v) is 7.98. The van der Waals surface area contributed by atoms with E-state index in [1.165, 1.54) is 0 Å². The molecule has 0 aliphatic carbocycles. The van der Waals surface area contributed by atoms with Crippen molar-refractivity contribution in [2.45, 2.75) is 32.9 Å². The molecule has 0 saturated carbocycles. The van der Waals surface area contributed by atoms with E-state index in [0.29, 0.717) is 36.0 Å². The van der Waals surface area contributed by atoms with Crippen molar-refractivity contribution in [3.05, 3.63) is 58.6 Å². The van der Waals surface area contributed by atoms with Gasteiger partial charge in [-0.3, -0.25) is 4.79 Å². The first-order chi connectivity index (χ1) is 14.4. The number of benzene rings is 2. The summed E-state index contributed by atoms with van der Waals surface area (Å²) >= 11 is 6.11. The van der Waals surface area contributed by atoms with Gasteiger partial charge in [-0.1, -0.05) is 42.7 Å². The topological polar surface area (TPSA) is 60.4 Å². The van der Waals surface area contributed by atoms with E-state index in [0.717, 1.165) is 16.8 Å². The molecule has 3 rings (SSSR count). The van der Waals surface area contributed by atoms with Crippen LogP contribution in [-0.4, -0.2) is 43.4 Å². The fourth-order valence-electron chi connectivity index (χ4n) is 3.41. The molecule has 0 N–H and O–H groups in total. The Morgan fingerprint density at radius 3 is 2.63 bits per heavy atom. The molecule has 1 aliphatic rings. The van der Waals surface area contributed by atoms with E-state index in [9.17, 15) is 4.79 Å². The number of halogens is 1. The summed E-state index contributed by atoms with van der Waals surface area (Å²) in [6.07, 6.45) is 0.391. The van der Waals surface area contributed by atoms with Crippen LogP contribution in [0.15, 0.2) is 47.6 Å². The van der Waals surface area contributed by atoms with Crippen molar-refractivity contribution < 1.29 is 19.1 Å². The monoisotopic (exact) mass is 430 g/mol. The minimum atomic E-state index is -0.213. The largest absolute Gasteiger partial charge is 0.493 e. The lowest BCUT2D eigenvalue weighted by Crippen LogP contribution is -2.39. The molecule has 1 aliphatic heterocycles. The number of carbonyl (C=O) groups is 1. The molecule has 1 atom stereocenters. The molecular weight excluding hydrogens is 404 g/mol. The third-order valence-electron chi connectivity index (χ3n) is 4.94. The van der Waals surface area contributed by atoms with E-state index in [1.807, 2.05) is 61.2 Å². The SMILES string of the molecule is COc1ccc(C2=NO[C@H](CN(Cc3cccc(Cl)c3)C(=O)C(C)C)C2)cc1OC. The quantitative estimate of drug-likeness (QED) is 0.617. The lowest BCUT2D eigenvalue weighted by Gasteiger charge is -2.26. The van der Waals surface area contributed by atoms with Gasteiger partial charge >= 0.3 is 0 Å². The van der Waals surface area contributed by atoms with Gasteiger partial charge in [0.1, 0.15) is 0 Å². The highest BCUT2D eigenvalue weighted by molar-refractivity contribution is 6.30. The third-order valence-corrected chi connectivity index (χ3v) is 5.18. The Morgan fingerprint density at radius 2 is 1.97 bits per heavy atom. The summed E-state index contributed by atoms with van der Waals surface area (Å²) in [6, 6.07) is 13.2. The zero-order valence-electron chi connectivity index (χ0n) is 17.7. The molecule has 0 aromatic heterocycles. The summed E-state index contributed by atoms with van der Waals surface area (Å²) in [5, 5.41) is 4.91. The first kappa shape index (κ1) is 22.0. The molecule has 2 aromatic rings. The average molecular weight is 431 g/mol. The summed E-state index contributed by atoms with van der Waals surface area (Å²) in [5.74, 6) is 1.25. The maximum Gasteiger partial charge on any atom is 0.225 e. The van der Waals surface area contributed by atoms with E-state index < -0.39 is 0 Å². The van der Waals surface area contributed by atoms with E-state index in [-0.39, 0.29) is 17.9 Å². The highest BCUT2D eigenvalue weighted by Crippen LogP contribution is 2.30. The first-order valence-corrected chi connectivity index (χ1v) is 10.3. The molecular formula is C23H27ClN2O4. The Labute approximate surface area is 182 Å². The van der Waals surface area contributed by atoms with Crippen LogP contribution in [0.1, 0.15) is 31.4 Å². The molecule has 30 heavy (non-hydrogen) atoms. The number of nitrogens with zero attached hydrogens (tertiary/aromatic N) is 2. The van der Waals surface area contributed by atoms with Crippen molar-refractivity contribution in [2.75, 3.05) is 20.8 Å². The number of rotatable bonds is 8. The van der Waals surface area contributed by atoms with E-state index in [2.05, 4.69) is 5.16 Å². The molecule has 0 bridgehead atoms. The zero-order chi connectivity index (χ0) is 21.7. The van der Waals surface area contributed by atoms with E-state index >= 15 is 0 Å². The highest BCUT2D eigenvalue weighted by Gasteiger charge is 2.28. The van der Waals surface area contributed by atoms with Gasteiger partial charge in [0.15, 0.2) is 17.6 Å². The smallest absolute Gasteiger partial charge is 0.225 e. The van der Waals surface area contributed by atoms with Crippen LogP contribution in [0, 0.1) is 5.92 Å². The second kappa shape index (κ2) is 9.85. The van der Waals surface area contributed by atoms with Crippen LogP contribution in [-0.2, 0) is 16.2 Å². The van der Waals surface area contributed by atoms with Crippen LogP contribution in [0.4, 0.5) is 0 Å². The van der Waals surface area contributed by atoms with Crippen LogP contribution in [0.25, 0.3) is 0 Å². The number of hydrogen-bond donors (Lipinski definition) is 0. The summed E-state index contributed by atoms with van der Waals surface area (Å²) in [4.78, 5) is 20.3. The maximum absolute atomic E-state index is 12.8. The minimum absolute atomic E-state index is 0.0677. The van der Waals surface area contributed by atoms with Gasteiger partial charge in [-0.2, -0.15) is 0 Å². The Kier molecular flexibility index (Phi) is 7.21. The van der Waals surface area contributed by atoms with Crippen LogP contribution < -0.4 is 9.47 Å². The molecule has 0 unspecified atom stereocenters. The Hall–Kier alpha value is -2.73. The molecule has 1 amide bonds. The van der Waals surface area contributed by atoms with Gasteiger partial charge < -0.3 is 19.2 Å². The second-order valence-electron chi connectivity index (χ2n) is 7.54. The van der Waals surface area contributed by atoms with Crippen molar-refractivity contribution in [3.8, 4) is 11.5 Å². The fraction of sp³-hybridized carbons (Fsp3) is 0.391. The summed E-state index contributed by atoms with van der Waals surface area (Å²) in [6.45, 7) is 4.72. The molecule has 0 radical (unpaired) electrons. The molecule has 6 nitrogen and oxygen atoms in total. The predicted molar refractivity (Wildman–Crippen MR) is 117 cm³/mol. The van der Waals surface area contributed by atoms with Gasteiger partial charge in [-0.15, -0.1) is 0 Å². The van der Waals surface area contributed by atoms with Crippen LogP contribution in [0.2, 0.25) is 5.02 Å². The lowest BCUT2D eigenvalue weighted by molar-refractivity contribution is -0.136. The minimum Gasteiger partial charge on any atom is -0.493 e. The van der Waals surface area contributed by atoms with Crippen LogP contribution in [0.3, 0.4) is 0 Å². The number of oxime groups is 1. The number of ether oxygens (including phenoxy) is 2. The van der Waals surface area contributed by atoms with Gasteiger partial charge in [0.25, 0.3) is 0 Å². The normalized spacial score (nSPS) is 15.5. The predicted octanol–water partition coefficient (Wildman–Crippen LogP) is 4.54. The molecule has 2 aromatic carbocycles. The molecule has 0 fully saturated rings. The van der Waals surface area contributed by atoms with Crippen molar-refractivity contribution in [1.29, 1.82) is 0 Å². The van der Waals surface area contributed by atoms with Gasteiger partial charge in [0, 0.05) is 29.5 Å². The van der Waals surface area contributed by atoms with Crippen molar-refractivity contribution >= 4 is 23.2 Å². The number of hydrogen-bond acceptors (Lipinski definition) is 5. The molecule has 160 valence electrons. The number of methoxy groups -OCH3 is 2. The third kappa shape index (κ3) is 5.25. The van der Waals surface area contributed by atoms with Crippen LogP contribution in [0.5, 0.6) is 11.5 Å². The van der Waals surface area contributed by atoms with Crippen molar-refractivity contribution in [1.82, 2.24) is 4.90 Å². The highest BCUT2D eigenvalue weighted by atomic mass is 35.5. The van der Waals surface area contributed by atoms with Crippen LogP contribution >= 0.6 is 11.6 Å². The molecule has 7 heteroatoms. The fourth-order valence-corrected chi connectivity index (χ4v) is 3.62. The average Bonchev–Trinajstić information content (AvgIpc) is 3.20. The molecule has 1 heterocycles. The lowest BCUT2D eigenvalue weighted by atomic mass is 10.0. The Balaban J connectivity index is 1.70. The van der Waals surface area contributed by atoms with E-state index in [4.69, 9.17) is 25.9 Å². The Bertz CT molecular complexity index is 929. The van der Waals surface area contributed by atoms with Crippen molar-refractivity contribution in [3.63, 3.8) is 0 Å². The van der Waals surface area contributed by atoms with Gasteiger partial charge in [0.05, 0.1) is 26.5 Å². The zero-order valence-corrected chi connectivity index (χ0v) is 18.5. The summed E-state index contributed by atoms with van der Waals surface area (Å²) in [7, 11) is 3.20. The van der Waals surface area contributed by atoms with Crippen molar-refractivity contribution in [2.24, 2.45) is 11.1 Å². The summed E-state index contributed by atoms with van der Waals surface area (Å²) < 4.78 is 10.7. The van der Waals surface area contributed by atoms with Gasteiger partial charge in [-0.05, 0) is 35.9 Å². The first-order valence-electron chi connectivity index (χ1n) is 9.89. The molecule has 0 spiro atoms. The van der Waals surface area contributed by atoms with Gasteiger partial charge in [0.2, 0.25) is 5.91 Å².